The Bertz CT molecular complexity index is 760. The van der Waals surface area contributed by atoms with Gasteiger partial charge in [-0.1, -0.05) is 17.3 Å². The molecular formula is C16H16N4O2S. The molecule has 2 atom stereocenters. The molecule has 1 N–H and O–H groups in total. The molecule has 4 heterocycles. The molecule has 0 bridgehead atoms. The first kappa shape index (κ1) is 14.5. The van der Waals surface area contributed by atoms with Crippen molar-refractivity contribution < 1.29 is 9.63 Å². The molecule has 23 heavy (non-hydrogen) atoms. The van der Waals surface area contributed by atoms with E-state index in [9.17, 15) is 5.11 Å². The van der Waals surface area contributed by atoms with Gasteiger partial charge in [-0.2, -0.15) is 4.98 Å². The van der Waals surface area contributed by atoms with Gasteiger partial charge >= 0.3 is 0 Å². The lowest BCUT2D eigenvalue weighted by Gasteiger charge is -2.20. The zero-order chi connectivity index (χ0) is 15.6. The molecule has 1 fully saturated rings. The van der Waals surface area contributed by atoms with Gasteiger partial charge in [-0.3, -0.25) is 9.88 Å². The second-order valence-corrected chi connectivity index (χ2v) is 6.62. The molecule has 4 rings (SSSR count). The molecule has 0 spiro atoms. The summed E-state index contributed by atoms with van der Waals surface area (Å²) in [5.41, 5.74) is 0.686. The summed E-state index contributed by atoms with van der Waals surface area (Å²) in [6.45, 7) is 1.39. The molecule has 1 aliphatic heterocycles. The van der Waals surface area contributed by atoms with Crippen molar-refractivity contribution in [3.05, 3.63) is 52.7 Å². The molecule has 0 aromatic carbocycles. The first-order valence-corrected chi connectivity index (χ1v) is 8.37. The van der Waals surface area contributed by atoms with Crippen molar-refractivity contribution in [1.29, 1.82) is 0 Å². The molecule has 3 aromatic heterocycles. The lowest BCUT2D eigenvalue weighted by atomic mass is 10.2. The first-order chi connectivity index (χ1) is 11.3. The van der Waals surface area contributed by atoms with Crippen molar-refractivity contribution in [3.8, 4) is 11.5 Å². The number of nitrogens with zero attached hydrogens (tertiary/aromatic N) is 4. The van der Waals surface area contributed by atoms with Crippen LogP contribution in [0.1, 0.15) is 23.2 Å². The second kappa shape index (κ2) is 6.19. The van der Waals surface area contributed by atoms with Crippen LogP contribution in [0.25, 0.3) is 11.5 Å². The summed E-state index contributed by atoms with van der Waals surface area (Å²) in [4.78, 5) is 12.2. The van der Waals surface area contributed by atoms with E-state index in [2.05, 4.69) is 31.5 Å². The minimum Gasteiger partial charge on any atom is -0.392 e. The van der Waals surface area contributed by atoms with E-state index in [1.807, 2.05) is 24.3 Å². The minimum atomic E-state index is -0.370. The Kier molecular flexibility index (Phi) is 3.90. The molecule has 7 heteroatoms. The number of pyridine rings is 1. The van der Waals surface area contributed by atoms with E-state index in [0.29, 0.717) is 30.4 Å². The van der Waals surface area contributed by atoms with Gasteiger partial charge in [0.2, 0.25) is 11.7 Å². The van der Waals surface area contributed by atoms with E-state index in [1.165, 1.54) is 4.88 Å². The van der Waals surface area contributed by atoms with Crippen LogP contribution in [-0.2, 0) is 6.54 Å². The second-order valence-electron chi connectivity index (χ2n) is 5.59. The molecule has 2 unspecified atom stereocenters. The SMILES string of the molecule is OC1CC(c2nc(-c3ccccn3)no2)N(Cc2cccs2)C1. The van der Waals surface area contributed by atoms with Gasteiger partial charge in [-0.15, -0.1) is 11.3 Å². The van der Waals surface area contributed by atoms with Crippen LogP contribution in [0.2, 0.25) is 0 Å². The summed E-state index contributed by atoms with van der Waals surface area (Å²) in [5.74, 6) is 1.02. The summed E-state index contributed by atoms with van der Waals surface area (Å²) < 4.78 is 5.45. The maximum Gasteiger partial charge on any atom is 0.244 e. The molecular weight excluding hydrogens is 312 g/mol. The summed E-state index contributed by atoms with van der Waals surface area (Å²) in [6.07, 6.45) is 1.94. The fourth-order valence-electron chi connectivity index (χ4n) is 2.88. The number of aliphatic hydroxyl groups is 1. The van der Waals surface area contributed by atoms with Crippen molar-refractivity contribution in [2.75, 3.05) is 6.54 Å². The van der Waals surface area contributed by atoms with Crippen molar-refractivity contribution in [1.82, 2.24) is 20.0 Å². The quantitative estimate of drug-likeness (QED) is 0.793. The highest BCUT2D eigenvalue weighted by atomic mass is 32.1. The number of thiophene rings is 1. The number of aromatic nitrogens is 3. The van der Waals surface area contributed by atoms with Crippen molar-refractivity contribution in [3.63, 3.8) is 0 Å². The van der Waals surface area contributed by atoms with Crippen molar-refractivity contribution >= 4 is 11.3 Å². The number of likely N-dealkylation sites (tertiary alicyclic amines) is 1. The molecule has 0 saturated carbocycles. The minimum absolute atomic E-state index is 0.0583. The van der Waals surface area contributed by atoms with Gasteiger partial charge in [0.05, 0.1) is 12.1 Å². The molecule has 0 aliphatic carbocycles. The summed E-state index contributed by atoms with van der Waals surface area (Å²) >= 11 is 1.71. The zero-order valence-corrected chi connectivity index (χ0v) is 13.2. The number of rotatable bonds is 4. The number of β-amino-alcohol motifs (C(OH)–C–C–N with tert-alkyl or cyclic N) is 1. The highest BCUT2D eigenvalue weighted by molar-refractivity contribution is 7.09. The van der Waals surface area contributed by atoms with Gasteiger partial charge in [0.15, 0.2) is 0 Å². The van der Waals surface area contributed by atoms with Gasteiger partial charge in [-0.05, 0) is 30.0 Å². The number of aliphatic hydroxyl groups excluding tert-OH is 1. The first-order valence-electron chi connectivity index (χ1n) is 7.49. The third kappa shape index (κ3) is 3.03. The topological polar surface area (TPSA) is 75.3 Å². The van der Waals surface area contributed by atoms with Crippen LogP contribution in [-0.4, -0.2) is 37.8 Å². The molecule has 3 aromatic rings. The summed E-state index contributed by atoms with van der Waals surface area (Å²) in [7, 11) is 0. The van der Waals surface area contributed by atoms with Crippen LogP contribution >= 0.6 is 11.3 Å². The van der Waals surface area contributed by atoms with Crippen LogP contribution in [0.4, 0.5) is 0 Å². The van der Waals surface area contributed by atoms with Gasteiger partial charge in [0.25, 0.3) is 0 Å². The maximum absolute atomic E-state index is 10.0. The van der Waals surface area contributed by atoms with E-state index in [1.54, 1.807) is 17.5 Å². The lowest BCUT2D eigenvalue weighted by Crippen LogP contribution is -2.24. The largest absolute Gasteiger partial charge is 0.392 e. The molecule has 6 nitrogen and oxygen atoms in total. The third-order valence-corrected chi connectivity index (χ3v) is 4.80. The monoisotopic (exact) mass is 328 g/mol. The van der Waals surface area contributed by atoms with E-state index >= 15 is 0 Å². The zero-order valence-electron chi connectivity index (χ0n) is 12.4. The third-order valence-electron chi connectivity index (χ3n) is 3.94. The Morgan fingerprint density at radius 1 is 1.30 bits per heavy atom. The molecule has 1 saturated heterocycles. The van der Waals surface area contributed by atoms with Crippen LogP contribution in [0.15, 0.2) is 46.4 Å². The van der Waals surface area contributed by atoms with Crippen LogP contribution in [0.5, 0.6) is 0 Å². The Balaban J connectivity index is 1.57. The normalized spacial score (nSPS) is 21.8. The highest BCUT2D eigenvalue weighted by Gasteiger charge is 2.36. The van der Waals surface area contributed by atoms with Crippen LogP contribution < -0.4 is 0 Å². The maximum atomic E-state index is 10.0. The average molecular weight is 328 g/mol. The van der Waals surface area contributed by atoms with Gasteiger partial charge in [-0.25, -0.2) is 0 Å². The number of hydrogen-bond donors (Lipinski definition) is 1. The predicted molar refractivity (Wildman–Crippen MR) is 85.6 cm³/mol. The number of hydrogen-bond acceptors (Lipinski definition) is 7. The Hall–Kier alpha value is -2.09. The standard InChI is InChI=1S/C16H16N4O2S/c21-11-8-14(20(9-11)10-12-4-3-7-23-12)16-18-15(19-22-16)13-5-1-2-6-17-13/h1-7,11,14,21H,8-10H2. The summed E-state index contributed by atoms with van der Waals surface area (Å²) in [5, 5.41) is 16.1. The fraction of sp³-hybridized carbons (Fsp3) is 0.312. The van der Waals surface area contributed by atoms with E-state index in [4.69, 9.17) is 4.52 Å². The van der Waals surface area contributed by atoms with Crippen LogP contribution in [0, 0.1) is 0 Å². The average Bonchev–Trinajstić information content (AvgIpc) is 3.30. The Morgan fingerprint density at radius 2 is 2.26 bits per heavy atom. The van der Waals surface area contributed by atoms with Gasteiger partial charge < -0.3 is 9.63 Å². The highest BCUT2D eigenvalue weighted by Crippen LogP contribution is 2.33. The van der Waals surface area contributed by atoms with Gasteiger partial charge in [0.1, 0.15) is 5.69 Å². The summed E-state index contributed by atoms with van der Waals surface area (Å²) in [6, 6.07) is 9.66. The molecule has 118 valence electrons. The molecule has 0 radical (unpaired) electrons. The fourth-order valence-corrected chi connectivity index (χ4v) is 3.61. The van der Waals surface area contributed by atoms with Crippen LogP contribution in [0.3, 0.4) is 0 Å². The smallest absolute Gasteiger partial charge is 0.244 e. The Labute approximate surface area is 137 Å². The predicted octanol–water partition coefficient (Wildman–Crippen LogP) is 2.50. The lowest BCUT2D eigenvalue weighted by molar-refractivity contribution is 0.170. The molecule has 0 amide bonds. The van der Waals surface area contributed by atoms with E-state index in [-0.39, 0.29) is 12.1 Å². The van der Waals surface area contributed by atoms with E-state index in [0.717, 1.165) is 6.54 Å². The molecule has 1 aliphatic rings. The van der Waals surface area contributed by atoms with Gasteiger partial charge in [0, 0.05) is 24.2 Å². The van der Waals surface area contributed by atoms with Crippen molar-refractivity contribution in [2.45, 2.75) is 25.1 Å². The van der Waals surface area contributed by atoms with E-state index < -0.39 is 0 Å². The Morgan fingerprint density at radius 3 is 3.04 bits per heavy atom. The van der Waals surface area contributed by atoms with Crippen molar-refractivity contribution in [2.24, 2.45) is 0 Å².